The molecule has 18 heavy (non-hydrogen) atoms. The number of anilines is 1. The van der Waals surface area contributed by atoms with Gasteiger partial charge in [-0.1, -0.05) is 12.1 Å². The van der Waals surface area contributed by atoms with Gasteiger partial charge < -0.3 is 15.5 Å². The molecule has 3 N–H and O–H groups in total. The third-order valence-corrected chi connectivity index (χ3v) is 2.45. The largest absolute Gasteiger partial charge is 0.491 e. The van der Waals surface area contributed by atoms with Gasteiger partial charge in [0.05, 0.1) is 18.0 Å². The highest BCUT2D eigenvalue weighted by Gasteiger charge is 2.01. The highest BCUT2D eigenvalue weighted by Crippen LogP contribution is 2.19. The standard InChI is InChI=1S/C13H15N3O2/c1-9-15-10(8-13(17)16-9)6-7-18-12-5-3-2-4-11(12)14/h2-5,8H,6-7,14H2,1H3,(H,15,16,17). The Morgan fingerprint density at radius 2 is 2.17 bits per heavy atom. The highest BCUT2D eigenvalue weighted by molar-refractivity contribution is 5.51. The van der Waals surface area contributed by atoms with Crippen molar-refractivity contribution in [1.29, 1.82) is 0 Å². The third-order valence-electron chi connectivity index (χ3n) is 2.45. The summed E-state index contributed by atoms with van der Waals surface area (Å²) in [6.07, 6.45) is 0.569. The lowest BCUT2D eigenvalue weighted by Gasteiger charge is -2.08. The molecule has 0 radical (unpaired) electrons. The molecule has 0 bridgehead atoms. The molecule has 1 heterocycles. The van der Waals surface area contributed by atoms with E-state index in [1.54, 1.807) is 13.0 Å². The first-order valence-corrected chi connectivity index (χ1v) is 5.69. The minimum absolute atomic E-state index is 0.142. The maximum absolute atomic E-state index is 11.2. The first-order valence-electron chi connectivity index (χ1n) is 5.69. The van der Waals surface area contributed by atoms with Crippen LogP contribution >= 0.6 is 0 Å². The molecule has 0 amide bonds. The van der Waals surface area contributed by atoms with E-state index in [0.717, 1.165) is 0 Å². The van der Waals surface area contributed by atoms with Crippen molar-refractivity contribution in [2.45, 2.75) is 13.3 Å². The van der Waals surface area contributed by atoms with Gasteiger partial charge in [-0.15, -0.1) is 0 Å². The normalized spacial score (nSPS) is 10.3. The minimum atomic E-state index is -0.142. The van der Waals surface area contributed by atoms with Crippen LogP contribution in [-0.2, 0) is 6.42 Å². The van der Waals surface area contributed by atoms with Gasteiger partial charge in [0.25, 0.3) is 5.56 Å². The molecule has 0 spiro atoms. The van der Waals surface area contributed by atoms with Crippen LogP contribution in [0.1, 0.15) is 11.5 Å². The van der Waals surface area contributed by atoms with Crippen molar-refractivity contribution in [2.24, 2.45) is 0 Å². The summed E-state index contributed by atoms with van der Waals surface area (Å²) in [5.74, 6) is 1.26. The van der Waals surface area contributed by atoms with Crippen molar-refractivity contribution in [1.82, 2.24) is 9.97 Å². The Morgan fingerprint density at radius 1 is 1.39 bits per heavy atom. The van der Waals surface area contributed by atoms with Crippen LogP contribution < -0.4 is 16.0 Å². The van der Waals surface area contributed by atoms with E-state index in [0.29, 0.717) is 36.0 Å². The van der Waals surface area contributed by atoms with Crippen LogP contribution in [0.2, 0.25) is 0 Å². The number of benzene rings is 1. The second-order valence-electron chi connectivity index (χ2n) is 3.96. The fraction of sp³-hybridized carbons (Fsp3) is 0.231. The number of aromatic nitrogens is 2. The Morgan fingerprint density at radius 3 is 2.89 bits per heavy atom. The van der Waals surface area contributed by atoms with Gasteiger partial charge in [0.2, 0.25) is 0 Å². The van der Waals surface area contributed by atoms with E-state index in [9.17, 15) is 4.79 Å². The van der Waals surface area contributed by atoms with Crippen molar-refractivity contribution in [3.05, 3.63) is 52.2 Å². The lowest BCUT2D eigenvalue weighted by Crippen LogP contribution is -2.13. The van der Waals surface area contributed by atoms with Crippen LogP contribution in [0.3, 0.4) is 0 Å². The molecule has 0 aliphatic carbocycles. The van der Waals surface area contributed by atoms with Crippen LogP contribution in [0, 0.1) is 6.92 Å². The maximum atomic E-state index is 11.2. The van der Waals surface area contributed by atoms with E-state index < -0.39 is 0 Å². The Bertz CT molecular complexity index is 593. The quantitative estimate of drug-likeness (QED) is 0.795. The number of nitrogens with zero attached hydrogens (tertiary/aromatic N) is 1. The van der Waals surface area contributed by atoms with Crippen molar-refractivity contribution in [2.75, 3.05) is 12.3 Å². The average Bonchev–Trinajstić information content (AvgIpc) is 2.30. The molecule has 0 fully saturated rings. The van der Waals surface area contributed by atoms with Crippen LogP contribution in [0.5, 0.6) is 5.75 Å². The average molecular weight is 245 g/mol. The van der Waals surface area contributed by atoms with E-state index in [2.05, 4.69) is 9.97 Å². The molecule has 94 valence electrons. The lowest BCUT2D eigenvalue weighted by atomic mass is 10.3. The predicted octanol–water partition coefficient (Wildman–Crippen LogP) is 1.28. The molecule has 0 saturated carbocycles. The zero-order valence-electron chi connectivity index (χ0n) is 10.1. The molecule has 1 aromatic carbocycles. The summed E-state index contributed by atoms with van der Waals surface area (Å²) in [6.45, 7) is 2.19. The SMILES string of the molecule is Cc1nc(CCOc2ccccc2N)cc(=O)[nH]1. The molecule has 0 saturated heterocycles. The summed E-state index contributed by atoms with van der Waals surface area (Å²) < 4.78 is 5.54. The Labute approximate surface area is 105 Å². The summed E-state index contributed by atoms with van der Waals surface area (Å²) in [4.78, 5) is 18.1. The van der Waals surface area contributed by atoms with E-state index >= 15 is 0 Å². The Hall–Kier alpha value is -2.30. The van der Waals surface area contributed by atoms with Crippen molar-refractivity contribution >= 4 is 5.69 Å². The molecule has 5 heteroatoms. The van der Waals surface area contributed by atoms with Crippen LogP contribution in [0.4, 0.5) is 5.69 Å². The van der Waals surface area contributed by atoms with Crippen LogP contribution in [-0.4, -0.2) is 16.6 Å². The summed E-state index contributed by atoms with van der Waals surface area (Å²) in [5.41, 5.74) is 6.93. The van der Waals surface area contributed by atoms with Gasteiger partial charge in [-0.05, 0) is 19.1 Å². The Kier molecular flexibility index (Phi) is 3.62. The predicted molar refractivity (Wildman–Crippen MR) is 69.6 cm³/mol. The Balaban J connectivity index is 1.96. The van der Waals surface area contributed by atoms with Gasteiger partial charge in [-0.2, -0.15) is 0 Å². The first kappa shape index (κ1) is 12.2. The molecule has 5 nitrogen and oxygen atoms in total. The number of rotatable bonds is 4. The van der Waals surface area contributed by atoms with Gasteiger partial charge in [0.15, 0.2) is 0 Å². The fourth-order valence-corrected chi connectivity index (χ4v) is 1.65. The lowest BCUT2D eigenvalue weighted by molar-refractivity contribution is 0.322. The number of hydrogen-bond donors (Lipinski definition) is 2. The summed E-state index contributed by atoms with van der Waals surface area (Å²) in [5, 5.41) is 0. The fourth-order valence-electron chi connectivity index (χ4n) is 1.65. The topological polar surface area (TPSA) is 81.0 Å². The van der Waals surface area contributed by atoms with Crippen molar-refractivity contribution in [3.8, 4) is 5.75 Å². The zero-order valence-corrected chi connectivity index (χ0v) is 10.1. The number of para-hydroxylation sites is 2. The molecule has 2 rings (SSSR count). The van der Waals surface area contributed by atoms with E-state index in [4.69, 9.17) is 10.5 Å². The van der Waals surface area contributed by atoms with Gasteiger partial charge in [-0.25, -0.2) is 4.98 Å². The molecule has 2 aromatic rings. The zero-order chi connectivity index (χ0) is 13.0. The molecular formula is C13H15N3O2. The number of nitrogens with one attached hydrogen (secondary N) is 1. The van der Waals surface area contributed by atoms with Gasteiger partial charge in [-0.3, -0.25) is 4.79 Å². The number of aryl methyl sites for hydroxylation is 1. The van der Waals surface area contributed by atoms with Gasteiger partial charge in [0.1, 0.15) is 11.6 Å². The smallest absolute Gasteiger partial charge is 0.251 e. The number of aromatic amines is 1. The monoisotopic (exact) mass is 245 g/mol. The van der Waals surface area contributed by atoms with Crippen LogP contribution in [0.25, 0.3) is 0 Å². The van der Waals surface area contributed by atoms with E-state index in [-0.39, 0.29) is 5.56 Å². The molecule has 0 aliphatic heterocycles. The van der Waals surface area contributed by atoms with E-state index in [1.807, 2.05) is 18.2 Å². The third kappa shape index (κ3) is 3.10. The van der Waals surface area contributed by atoms with Crippen molar-refractivity contribution in [3.63, 3.8) is 0 Å². The number of ether oxygens (including phenoxy) is 1. The van der Waals surface area contributed by atoms with Gasteiger partial charge >= 0.3 is 0 Å². The number of hydrogen-bond acceptors (Lipinski definition) is 4. The van der Waals surface area contributed by atoms with Crippen LogP contribution in [0.15, 0.2) is 35.1 Å². The highest BCUT2D eigenvalue weighted by atomic mass is 16.5. The second-order valence-corrected chi connectivity index (χ2v) is 3.96. The summed E-state index contributed by atoms with van der Waals surface area (Å²) in [7, 11) is 0. The molecule has 1 aromatic heterocycles. The van der Waals surface area contributed by atoms with Gasteiger partial charge in [0, 0.05) is 12.5 Å². The number of H-pyrrole nitrogens is 1. The summed E-state index contributed by atoms with van der Waals surface area (Å²) in [6, 6.07) is 8.78. The molecular weight excluding hydrogens is 230 g/mol. The van der Waals surface area contributed by atoms with E-state index in [1.165, 1.54) is 6.07 Å². The first-order chi connectivity index (χ1) is 8.65. The summed E-state index contributed by atoms with van der Waals surface area (Å²) >= 11 is 0. The number of nitrogens with two attached hydrogens (primary N) is 1. The maximum Gasteiger partial charge on any atom is 0.251 e. The molecule has 0 atom stereocenters. The molecule has 0 unspecified atom stereocenters. The number of nitrogen functional groups attached to an aromatic ring is 1. The minimum Gasteiger partial charge on any atom is -0.491 e. The molecule has 0 aliphatic rings. The second kappa shape index (κ2) is 5.35. The van der Waals surface area contributed by atoms with Crippen molar-refractivity contribution < 1.29 is 4.74 Å².